The summed E-state index contributed by atoms with van der Waals surface area (Å²) in [6, 6.07) is 4.87. The van der Waals surface area contributed by atoms with Crippen LogP contribution in [0.15, 0.2) is 36.4 Å². The average molecular weight is 379 g/mol. The van der Waals surface area contributed by atoms with E-state index in [9.17, 15) is 31.5 Å². The van der Waals surface area contributed by atoms with Gasteiger partial charge < -0.3 is 10.6 Å². The van der Waals surface area contributed by atoms with Crippen LogP contribution in [0.4, 0.5) is 33.3 Å². The van der Waals surface area contributed by atoms with Crippen LogP contribution in [0.1, 0.15) is 5.56 Å². The summed E-state index contributed by atoms with van der Waals surface area (Å²) in [5.74, 6) is -5.24. The zero-order chi connectivity index (χ0) is 18.8. The highest BCUT2D eigenvalue weighted by molar-refractivity contribution is 6.43. The molecule has 0 saturated carbocycles. The van der Waals surface area contributed by atoms with Gasteiger partial charge in [-0.2, -0.15) is 13.2 Å². The second kappa shape index (κ2) is 7.06. The number of rotatable bonds is 2. The number of hydrogen-bond acceptors (Lipinski definition) is 2. The van der Waals surface area contributed by atoms with Gasteiger partial charge in [-0.05, 0) is 30.3 Å². The molecule has 0 spiro atoms. The van der Waals surface area contributed by atoms with E-state index in [-0.39, 0.29) is 10.7 Å². The van der Waals surface area contributed by atoms with Gasteiger partial charge in [-0.1, -0.05) is 11.6 Å². The molecule has 0 heterocycles. The summed E-state index contributed by atoms with van der Waals surface area (Å²) in [5.41, 5.74) is -2.16. The molecule has 0 unspecified atom stereocenters. The van der Waals surface area contributed by atoms with Crippen LogP contribution in [0, 0.1) is 11.6 Å². The molecule has 0 aliphatic carbocycles. The van der Waals surface area contributed by atoms with Gasteiger partial charge in [0.15, 0.2) is 11.6 Å². The molecule has 2 aromatic carbocycles. The molecule has 0 aliphatic rings. The Morgan fingerprint density at radius 3 is 2.12 bits per heavy atom. The number of anilines is 2. The van der Waals surface area contributed by atoms with Crippen molar-refractivity contribution in [3.63, 3.8) is 0 Å². The molecule has 2 rings (SSSR count). The number of carbonyl (C=O) groups is 2. The lowest BCUT2D eigenvalue weighted by molar-refractivity contribution is -0.137. The maximum atomic E-state index is 13.0. The number of amides is 2. The molecule has 0 saturated heterocycles. The topological polar surface area (TPSA) is 58.2 Å². The minimum absolute atomic E-state index is 0.212. The van der Waals surface area contributed by atoms with Crippen molar-refractivity contribution >= 4 is 34.8 Å². The van der Waals surface area contributed by atoms with E-state index in [1.165, 1.54) is 0 Å². The first-order valence-electron chi connectivity index (χ1n) is 6.52. The minimum Gasteiger partial charge on any atom is -0.318 e. The standard InChI is InChI=1S/C15H8ClF5N2O2/c16-7-1-4-12(9(5-7)15(19,20)21)23-14(25)13(24)22-8-2-3-10(17)11(18)6-8/h1-6H,(H,22,24)(H,23,25). The van der Waals surface area contributed by atoms with Crippen molar-refractivity contribution < 1.29 is 31.5 Å². The lowest BCUT2D eigenvalue weighted by Gasteiger charge is -2.14. The van der Waals surface area contributed by atoms with E-state index in [4.69, 9.17) is 11.6 Å². The largest absolute Gasteiger partial charge is 0.418 e. The Labute approximate surface area is 142 Å². The van der Waals surface area contributed by atoms with Crippen LogP contribution in [0.25, 0.3) is 0 Å². The molecule has 0 aliphatic heterocycles. The number of benzene rings is 2. The summed E-state index contributed by atoms with van der Waals surface area (Å²) in [4.78, 5) is 23.4. The summed E-state index contributed by atoms with van der Waals surface area (Å²) in [6.07, 6.45) is -4.82. The summed E-state index contributed by atoms with van der Waals surface area (Å²) < 4.78 is 64.6. The molecule has 0 bridgehead atoms. The fraction of sp³-hybridized carbons (Fsp3) is 0.0667. The number of hydrogen-bond donors (Lipinski definition) is 2. The molecule has 0 fully saturated rings. The first-order chi connectivity index (χ1) is 11.6. The molecule has 0 atom stereocenters. The summed E-state index contributed by atoms with van der Waals surface area (Å²) in [7, 11) is 0. The van der Waals surface area contributed by atoms with Gasteiger partial charge in [0.05, 0.1) is 11.3 Å². The fourth-order valence-electron chi connectivity index (χ4n) is 1.80. The molecule has 0 radical (unpaired) electrons. The highest BCUT2D eigenvalue weighted by Gasteiger charge is 2.34. The molecule has 132 valence electrons. The smallest absolute Gasteiger partial charge is 0.318 e. The third-order valence-corrected chi connectivity index (χ3v) is 3.15. The van der Waals surface area contributed by atoms with Gasteiger partial charge >= 0.3 is 18.0 Å². The summed E-state index contributed by atoms with van der Waals surface area (Å²) >= 11 is 5.50. The van der Waals surface area contributed by atoms with Crippen LogP contribution in [0.3, 0.4) is 0 Å². The third kappa shape index (κ3) is 4.66. The molecule has 4 nitrogen and oxygen atoms in total. The Balaban J connectivity index is 2.16. The number of alkyl halides is 3. The molecular weight excluding hydrogens is 371 g/mol. The minimum atomic E-state index is -4.82. The van der Waals surface area contributed by atoms with Crippen molar-refractivity contribution in [1.82, 2.24) is 0 Å². The van der Waals surface area contributed by atoms with Gasteiger partial charge in [-0.15, -0.1) is 0 Å². The third-order valence-electron chi connectivity index (χ3n) is 2.92. The zero-order valence-electron chi connectivity index (χ0n) is 12.0. The fourth-order valence-corrected chi connectivity index (χ4v) is 1.97. The van der Waals surface area contributed by atoms with E-state index in [0.717, 1.165) is 18.2 Å². The van der Waals surface area contributed by atoms with E-state index < -0.39 is 40.9 Å². The van der Waals surface area contributed by atoms with Crippen LogP contribution in [-0.2, 0) is 15.8 Å². The van der Waals surface area contributed by atoms with Crippen LogP contribution in [0.2, 0.25) is 5.02 Å². The van der Waals surface area contributed by atoms with Crippen molar-refractivity contribution in [2.45, 2.75) is 6.18 Å². The molecule has 2 aromatic rings. The summed E-state index contributed by atoms with van der Waals surface area (Å²) in [6.45, 7) is 0. The summed E-state index contributed by atoms with van der Waals surface area (Å²) in [5, 5.41) is 3.52. The lowest BCUT2D eigenvalue weighted by Crippen LogP contribution is -2.30. The number of carbonyl (C=O) groups excluding carboxylic acids is 2. The van der Waals surface area contributed by atoms with Gasteiger partial charge in [-0.25, -0.2) is 8.78 Å². The second-order valence-electron chi connectivity index (χ2n) is 4.72. The first-order valence-corrected chi connectivity index (χ1v) is 6.90. The highest BCUT2D eigenvalue weighted by atomic mass is 35.5. The second-order valence-corrected chi connectivity index (χ2v) is 5.16. The van der Waals surface area contributed by atoms with E-state index >= 15 is 0 Å². The Bertz CT molecular complexity index is 839. The van der Waals surface area contributed by atoms with E-state index in [1.54, 1.807) is 5.32 Å². The van der Waals surface area contributed by atoms with Gasteiger partial charge in [0.2, 0.25) is 0 Å². The molecule has 0 aromatic heterocycles. The molecule has 25 heavy (non-hydrogen) atoms. The molecular formula is C15H8ClF5N2O2. The maximum Gasteiger partial charge on any atom is 0.418 e. The van der Waals surface area contributed by atoms with Crippen molar-refractivity contribution in [3.8, 4) is 0 Å². The van der Waals surface area contributed by atoms with Crippen molar-refractivity contribution in [3.05, 3.63) is 58.6 Å². The van der Waals surface area contributed by atoms with Gasteiger partial charge in [0, 0.05) is 16.8 Å². The normalized spacial score (nSPS) is 11.1. The first kappa shape index (κ1) is 18.7. The van der Waals surface area contributed by atoms with Crippen LogP contribution in [0.5, 0.6) is 0 Å². The maximum absolute atomic E-state index is 13.0. The van der Waals surface area contributed by atoms with Crippen LogP contribution >= 0.6 is 11.6 Å². The van der Waals surface area contributed by atoms with Crippen LogP contribution in [-0.4, -0.2) is 11.8 Å². The predicted octanol–water partition coefficient (Wildman–Crippen LogP) is 4.21. The van der Waals surface area contributed by atoms with E-state index in [2.05, 4.69) is 0 Å². The van der Waals surface area contributed by atoms with Gasteiger partial charge in [-0.3, -0.25) is 9.59 Å². The Morgan fingerprint density at radius 1 is 0.880 bits per heavy atom. The van der Waals surface area contributed by atoms with Crippen LogP contribution < -0.4 is 10.6 Å². The Morgan fingerprint density at radius 2 is 1.52 bits per heavy atom. The number of nitrogens with one attached hydrogen (secondary N) is 2. The SMILES string of the molecule is O=C(Nc1ccc(F)c(F)c1)C(=O)Nc1ccc(Cl)cc1C(F)(F)F. The molecule has 10 heteroatoms. The predicted molar refractivity (Wildman–Crippen MR) is 80.1 cm³/mol. The quantitative estimate of drug-likeness (QED) is 0.607. The van der Waals surface area contributed by atoms with Gasteiger partial charge in [0.25, 0.3) is 0 Å². The van der Waals surface area contributed by atoms with E-state index in [1.807, 2.05) is 5.32 Å². The Kier molecular flexibility index (Phi) is 5.27. The molecule has 2 N–H and O–H groups in total. The van der Waals surface area contributed by atoms with Crippen molar-refractivity contribution in [1.29, 1.82) is 0 Å². The zero-order valence-corrected chi connectivity index (χ0v) is 12.8. The lowest BCUT2D eigenvalue weighted by atomic mass is 10.1. The molecule has 2 amide bonds. The van der Waals surface area contributed by atoms with Gasteiger partial charge in [0.1, 0.15) is 0 Å². The monoisotopic (exact) mass is 378 g/mol. The van der Waals surface area contributed by atoms with Crippen molar-refractivity contribution in [2.24, 2.45) is 0 Å². The van der Waals surface area contributed by atoms with Crippen molar-refractivity contribution in [2.75, 3.05) is 10.6 Å². The van der Waals surface area contributed by atoms with E-state index in [0.29, 0.717) is 18.2 Å². The Hall–Kier alpha value is -2.68. The average Bonchev–Trinajstić information content (AvgIpc) is 2.51. The highest BCUT2D eigenvalue weighted by Crippen LogP contribution is 2.36. The number of halogens is 6.